The van der Waals surface area contributed by atoms with Gasteiger partial charge in [-0.1, -0.05) is 24.6 Å². The fraction of sp³-hybridized carbons (Fsp3) is 0.538. The van der Waals surface area contributed by atoms with Gasteiger partial charge in [-0.05, 0) is 36.5 Å². The summed E-state index contributed by atoms with van der Waals surface area (Å²) in [6.45, 7) is 2.91. The van der Waals surface area contributed by atoms with Crippen LogP contribution in [0, 0.1) is 5.92 Å². The van der Waals surface area contributed by atoms with E-state index in [0.717, 1.165) is 12.8 Å². The van der Waals surface area contributed by atoms with Gasteiger partial charge in [0.1, 0.15) is 4.90 Å². The van der Waals surface area contributed by atoms with Crippen molar-refractivity contribution >= 4 is 21.6 Å². The summed E-state index contributed by atoms with van der Waals surface area (Å²) in [6.07, 6.45) is 1.92. The largest absolute Gasteiger partial charge is 0.392 e. The Morgan fingerprint density at radius 2 is 2.21 bits per heavy atom. The van der Waals surface area contributed by atoms with E-state index >= 15 is 0 Å². The maximum atomic E-state index is 12.6. The third-order valence-corrected chi connectivity index (χ3v) is 5.76. The maximum absolute atomic E-state index is 12.6. The lowest BCUT2D eigenvalue weighted by atomic mass is 10.0. The van der Waals surface area contributed by atoms with Crippen molar-refractivity contribution in [2.75, 3.05) is 13.1 Å². The summed E-state index contributed by atoms with van der Waals surface area (Å²) in [5.41, 5.74) is 0.549. The Bertz CT molecular complexity index is 559. The highest BCUT2D eigenvalue weighted by Crippen LogP contribution is 2.29. The Labute approximate surface area is 119 Å². The second kappa shape index (κ2) is 5.79. The first-order valence-electron chi connectivity index (χ1n) is 6.34. The van der Waals surface area contributed by atoms with E-state index < -0.39 is 10.0 Å². The predicted octanol–water partition coefficient (Wildman–Crippen LogP) is 2.25. The van der Waals surface area contributed by atoms with Gasteiger partial charge in [-0.2, -0.15) is 4.31 Å². The first-order chi connectivity index (χ1) is 8.95. The molecule has 1 unspecified atom stereocenters. The third-order valence-electron chi connectivity index (χ3n) is 3.42. The molecule has 0 amide bonds. The highest BCUT2D eigenvalue weighted by Gasteiger charge is 2.30. The fourth-order valence-corrected chi connectivity index (χ4v) is 4.47. The molecular formula is C13H18ClNO3S. The second-order valence-electron chi connectivity index (χ2n) is 5.03. The van der Waals surface area contributed by atoms with Crippen LogP contribution in [0.15, 0.2) is 23.1 Å². The molecule has 0 bridgehead atoms. The summed E-state index contributed by atoms with van der Waals surface area (Å²) >= 11 is 6.01. The van der Waals surface area contributed by atoms with Crippen molar-refractivity contribution in [3.05, 3.63) is 28.8 Å². The summed E-state index contributed by atoms with van der Waals surface area (Å²) in [5, 5.41) is 9.32. The number of sulfonamides is 1. The van der Waals surface area contributed by atoms with E-state index in [1.807, 2.05) is 6.92 Å². The SMILES string of the molecule is CC1CCCN(S(=O)(=O)c2cc(CO)ccc2Cl)C1. The quantitative estimate of drug-likeness (QED) is 0.932. The predicted molar refractivity (Wildman–Crippen MR) is 74.5 cm³/mol. The van der Waals surface area contributed by atoms with Gasteiger partial charge < -0.3 is 5.11 Å². The molecule has 1 aliphatic heterocycles. The maximum Gasteiger partial charge on any atom is 0.244 e. The van der Waals surface area contributed by atoms with Gasteiger partial charge in [0, 0.05) is 13.1 Å². The van der Waals surface area contributed by atoms with E-state index in [9.17, 15) is 8.42 Å². The van der Waals surface area contributed by atoms with Gasteiger partial charge in [-0.25, -0.2) is 8.42 Å². The van der Waals surface area contributed by atoms with Gasteiger partial charge in [-0.3, -0.25) is 0 Å². The minimum atomic E-state index is -3.57. The zero-order valence-corrected chi connectivity index (χ0v) is 12.4. The number of benzene rings is 1. The third kappa shape index (κ3) is 3.11. The molecule has 1 fully saturated rings. The van der Waals surface area contributed by atoms with E-state index in [0.29, 0.717) is 24.6 Å². The molecule has 4 nitrogen and oxygen atoms in total. The number of aliphatic hydroxyl groups excluding tert-OH is 1. The molecule has 1 aliphatic rings. The average molecular weight is 304 g/mol. The lowest BCUT2D eigenvalue weighted by molar-refractivity contribution is 0.279. The number of aliphatic hydroxyl groups is 1. The molecule has 0 radical (unpaired) electrons. The first kappa shape index (κ1) is 14.8. The van der Waals surface area contributed by atoms with Crippen LogP contribution in [-0.4, -0.2) is 30.9 Å². The number of nitrogens with zero attached hydrogens (tertiary/aromatic N) is 1. The van der Waals surface area contributed by atoms with E-state index in [2.05, 4.69) is 0 Å². The van der Waals surface area contributed by atoms with Crippen molar-refractivity contribution in [2.24, 2.45) is 5.92 Å². The number of piperidine rings is 1. The molecule has 106 valence electrons. The van der Waals surface area contributed by atoms with Crippen molar-refractivity contribution < 1.29 is 13.5 Å². The molecule has 1 aromatic carbocycles. The van der Waals surface area contributed by atoms with E-state index in [1.54, 1.807) is 6.07 Å². The lowest BCUT2D eigenvalue weighted by Gasteiger charge is -2.30. The Hall–Kier alpha value is -0.620. The standard InChI is InChI=1S/C13H18ClNO3S/c1-10-3-2-6-15(8-10)19(17,18)13-7-11(9-16)4-5-12(13)14/h4-5,7,10,16H,2-3,6,8-9H2,1H3. The topological polar surface area (TPSA) is 57.6 Å². The molecule has 19 heavy (non-hydrogen) atoms. The van der Waals surface area contributed by atoms with Crippen molar-refractivity contribution in [3.8, 4) is 0 Å². The van der Waals surface area contributed by atoms with Crippen LogP contribution in [0.3, 0.4) is 0 Å². The monoisotopic (exact) mass is 303 g/mol. The summed E-state index contributed by atoms with van der Waals surface area (Å²) in [6, 6.07) is 4.60. The average Bonchev–Trinajstić information content (AvgIpc) is 2.39. The molecule has 0 saturated carbocycles. The second-order valence-corrected chi connectivity index (χ2v) is 7.35. The highest BCUT2D eigenvalue weighted by molar-refractivity contribution is 7.89. The molecule has 0 aromatic heterocycles. The molecule has 1 N–H and O–H groups in total. The van der Waals surface area contributed by atoms with Gasteiger partial charge in [-0.15, -0.1) is 0 Å². The summed E-state index contributed by atoms with van der Waals surface area (Å²) in [4.78, 5) is 0.0924. The molecule has 1 atom stereocenters. The van der Waals surface area contributed by atoms with Crippen LogP contribution in [0.2, 0.25) is 5.02 Å². The minimum absolute atomic E-state index is 0.0924. The number of halogens is 1. The van der Waals surface area contributed by atoms with Gasteiger partial charge in [0.05, 0.1) is 11.6 Å². The van der Waals surface area contributed by atoms with Gasteiger partial charge in [0.2, 0.25) is 10.0 Å². The summed E-state index contributed by atoms with van der Waals surface area (Å²) < 4.78 is 26.7. The number of rotatable bonds is 3. The zero-order valence-electron chi connectivity index (χ0n) is 10.8. The van der Waals surface area contributed by atoms with E-state index in [1.165, 1.54) is 16.4 Å². The van der Waals surface area contributed by atoms with Crippen molar-refractivity contribution in [1.82, 2.24) is 4.31 Å². The van der Waals surface area contributed by atoms with Crippen molar-refractivity contribution in [3.63, 3.8) is 0 Å². The van der Waals surface area contributed by atoms with E-state index in [4.69, 9.17) is 16.7 Å². The normalized spacial score (nSPS) is 21.5. The first-order valence-corrected chi connectivity index (χ1v) is 8.16. The van der Waals surface area contributed by atoms with Crippen LogP contribution in [-0.2, 0) is 16.6 Å². The van der Waals surface area contributed by atoms with Gasteiger partial charge in [0.15, 0.2) is 0 Å². The molecule has 6 heteroatoms. The van der Waals surface area contributed by atoms with E-state index in [-0.39, 0.29) is 16.5 Å². The Balaban J connectivity index is 2.38. The van der Waals surface area contributed by atoms with Gasteiger partial charge >= 0.3 is 0 Å². The molecule has 1 heterocycles. The van der Waals surface area contributed by atoms with Crippen LogP contribution in [0.5, 0.6) is 0 Å². The molecule has 1 saturated heterocycles. The Kier molecular flexibility index (Phi) is 4.50. The molecule has 2 rings (SSSR count). The van der Waals surface area contributed by atoms with Gasteiger partial charge in [0.25, 0.3) is 0 Å². The number of hydrogen-bond donors (Lipinski definition) is 1. The van der Waals surface area contributed by atoms with Crippen LogP contribution >= 0.6 is 11.6 Å². The Morgan fingerprint density at radius 3 is 2.84 bits per heavy atom. The molecule has 1 aromatic rings. The lowest BCUT2D eigenvalue weighted by Crippen LogP contribution is -2.39. The Morgan fingerprint density at radius 1 is 1.47 bits per heavy atom. The van der Waals surface area contributed by atoms with Crippen LogP contribution in [0.4, 0.5) is 0 Å². The highest BCUT2D eigenvalue weighted by atomic mass is 35.5. The zero-order chi connectivity index (χ0) is 14.0. The van der Waals surface area contributed by atoms with Crippen molar-refractivity contribution in [2.45, 2.75) is 31.3 Å². The smallest absolute Gasteiger partial charge is 0.244 e. The molecular weight excluding hydrogens is 286 g/mol. The summed E-state index contributed by atoms with van der Waals surface area (Å²) in [5.74, 6) is 0.364. The van der Waals surface area contributed by atoms with Crippen LogP contribution < -0.4 is 0 Å². The molecule has 0 aliphatic carbocycles. The summed E-state index contributed by atoms with van der Waals surface area (Å²) in [7, 11) is -3.57. The van der Waals surface area contributed by atoms with Crippen LogP contribution in [0.1, 0.15) is 25.3 Å². The number of hydrogen-bond acceptors (Lipinski definition) is 3. The van der Waals surface area contributed by atoms with Crippen molar-refractivity contribution in [1.29, 1.82) is 0 Å². The molecule has 0 spiro atoms. The van der Waals surface area contributed by atoms with Crippen LogP contribution in [0.25, 0.3) is 0 Å². The fourth-order valence-electron chi connectivity index (χ4n) is 2.35. The minimum Gasteiger partial charge on any atom is -0.392 e.